The van der Waals surface area contributed by atoms with Gasteiger partial charge in [-0.25, -0.2) is 19.4 Å². The number of nitrogens with zero attached hydrogens (tertiary/aromatic N) is 7. The maximum Gasteiger partial charge on any atom is 0.334 e. The van der Waals surface area contributed by atoms with Crippen LogP contribution in [0.4, 0.5) is 0 Å². The molecule has 6 rings (SSSR count). The summed E-state index contributed by atoms with van der Waals surface area (Å²) in [6.07, 6.45) is 5.57. The summed E-state index contributed by atoms with van der Waals surface area (Å²) in [6, 6.07) is 16.3. The summed E-state index contributed by atoms with van der Waals surface area (Å²) in [5, 5.41) is 14.4. The number of hydrogen-bond acceptors (Lipinski definition) is 7. The quantitative estimate of drug-likeness (QED) is 0.269. The molecule has 1 N–H and O–H groups in total. The van der Waals surface area contributed by atoms with Crippen molar-refractivity contribution in [1.82, 2.24) is 39.3 Å². The fraction of sp³-hybridized carbons (Fsp3) is 0.419. The molecule has 0 aliphatic heterocycles. The Hall–Kier alpha value is -4.38. The summed E-state index contributed by atoms with van der Waals surface area (Å²) in [7, 11) is 1.51. The maximum atomic E-state index is 14.0. The Morgan fingerprint density at radius 1 is 1.00 bits per heavy atom. The fourth-order valence-electron chi connectivity index (χ4n) is 6.15. The normalized spacial score (nSPS) is 14.9. The van der Waals surface area contributed by atoms with E-state index in [1.807, 2.05) is 31.2 Å². The average Bonchev–Trinajstić information content (AvgIpc) is 3.69. The van der Waals surface area contributed by atoms with E-state index in [2.05, 4.69) is 49.5 Å². The van der Waals surface area contributed by atoms with Gasteiger partial charge in [0.15, 0.2) is 17.0 Å². The molecule has 2 aromatic carbocycles. The van der Waals surface area contributed by atoms with Gasteiger partial charge in [0.1, 0.15) is 12.1 Å². The zero-order chi connectivity index (χ0) is 29.2. The number of tetrazole rings is 1. The Labute approximate surface area is 243 Å². The zero-order valence-electron chi connectivity index (χ0n) is 24.3. The standard InChI is InChI=1S/C31H36N8O3/c1-4-18-37-29-26(30(40)39(31(37)41)20(2)42-3)38(28(32-29)23-10-6-5-7-11-23)19-21-14-16-22(17-15-21)24-12-8-9-13-25(24)27-33-35-36-34-27/h8-9,12-17,20,23H,4-7,10-11,18-19H2,1-3H3,(H,33,34,35,36). The van der Waals surface area contributed by atoms with Crippen molar-refractivity contribution in [2.24, 2.45) is 0 Å². The molecule has 0 spiro atoms. The molecule has 0 saturated heterocycles. The largest absolute Gasteiger partial charge is 0.361 e. The number of H-pyrrole nitrogens is 1. The molecule has 218 valence electrons. The predicted molar refractivity (Wildman–Crippen MR) is 160 cm³/mol. The van der Waals surface area contributed by atoms with Gasteiger partial charge in [-0.1, -0.05) is 74.7 Å². The van der Waals surface area contributed by atoms with Crippen LogP contribution in [0, 0.1) is 0 Å². The lowest BCUT2D eigenvalue weighted by Crippen LogP contribution is -2.42. The Kier molecular flexibility index (Phi) is 7.84. The van der Waals surface area contributed by atoms with Crippen molar-refractivity contribution in [2.45, 2.75) is 77.6 Å². The number of fused-ring (bicyclic) bond motifs is 1. The van der Waals surface area contributed by atoms with Crippen LogP contribution in [0.2, 0.25) is 0 Å². The molecular weight excluding hydrogens is 532 g/mol. The van der Waals surface area contributed by atoms with Gasteiger partial charge in [0.2, 0.25) is 0 Å². The van der Waals surface area contributed by atoms with Crippen molar-refractivity contribution in [1.29, 1.82) is 0 Å². The van der Waals surface area contributed by atoms with Crippen molar-refractivity contribution >= 4 is 11.2 Å². The van der Waals surface area contributed by atoms with E-state index in [1.54, 1.807) is 11.5 Å². The molecule has 42 heavy (non-hydrogen) atoms. The van der Waals surface area contributed by atoms with Gasteiger partial charge in [-0.15, -0.1) is 5.10 Å². The minimum Gasteiger partial charge on any atom is -0.361 e. The van der Waals surface area contributed by atoms with Crippen LogP contribution in [0.25, 0.3) is 33.7 Å². The lowest BCUT2D eigenvalue weighted by atomic mass is 9.88. The third-order valence-corrected chi connectivity index (χ3v) is 8.35. The summed E-state index contributed by atoms with van der Waals surface area (Å²) in [6.45, 7) is 4.68. The highest BCUT2D eigenvalue weighted by Gasteiger charge is 2.28. The smallest absolute Gasteiger partial charge is 0.334 e. The van der Waals surface area contributed by atoms with Crippen LogP contribution in [0.1, 0.15) is 75.9 Å². The highest BCUT2D eigenvalue weighted by molar-refractivity contribution is 5.80. The summed E-state index contributed by atoms with van der Waals surface area (Å²) >= 11 is 0. The van der Waals surface area contributed by atoms with Crippen LogP contribution in [0.5, 0.6) is 0 Å². The minimum absolute atomic E-state index is 0.241. The molecule has 1 aliphatic carbocycles. The summed E-state index contributed by atoms with van der Waals surface area (Å²) < 4.78 is 10.4. The second-order valence-electron chi connectivity index (χ2n) is 11.0. The van der Waals surface area contributed by atoms with Gasteiger partial charge in [0, 0.05) is 31.7 Å². The molecule has 1 unspecified atom stereocenters. The fourth-order valence-corrected chi connectivity index (χ4v) is 6.15. The van der Waals surface area contributed by atoms with Crippen molar-refractivity contribution in [3.05, 3.63) is 80.8 Å². The van der Waals surface area contributed by atoms with Crippen LogP contribution in [-0.2, 0) is 17.8 Å². The van der Waals surface area contributed by atoms with E-state index in [-0.39, 0.29) is 17.2 Å². The number of rotatable bonds is 9. The number of aryl methyl sites for hydroxylation is 1. The van der Waals surface area contributed by atoms with Crippen LogP contribution in [-0.4, -0.2) is 46.4 Å². The van der Waals surface area contributed by atoms with Crippen molar-refractivity contribution < 1.29 is 4.74 Å². The van der Waals surface area contributed by atoms with Gasteiger partial charge in [0.25, 0.3) is 5.56 Å². The second-order valence-corrected chi connectivity index (χ2v) is 11.0. The van der Waals surface area contributed by atoms with Crippen molar-refractivity contribution in [2.75, 3.05) is 7.11 Å². The summed E-state index contributed by atoms with van der Waals surface area (Å²) in [5.74, 6) is 1.74. The molecular formula is C31H36N8O3. The van der Waals surface area contributed by atoms with Gasteiger partial charge in [-0.05, 0) is 53.3 Å². The third kappa shape index (κ3) is 4.98. The molecule has 5 aromatic rings. The third-order valence-electron chi connectivity index (χ3n) is 8.35. The molecule has 11 nitrogen and oxygen atoms in total. The van der Waals surface area contributed by atoms with Gasteiger partial charge in [-0.2, -0.15) is 0 Å². The molecule has 1 atom stereocenters. The molecule has 1 fully saturated rings. The number of aromatic amines is 1. The first kappa shape index (κ1) is 27.8. The first-order valence-corrected chi connectivity index (χ1v) is 14.7. The SMILES string of the molecule is CCCn1c(=O)n(C(C)OC)c(=O)c2c1nc(C1CCCCC1)n2Cc1ccc(-c2ccccc2-c2nnn[nH]2)cc1. The Balaban J connectivity index is 1.47. The highest BCUT2D eigenvalue weighted by atomic mass is 16.5. The Morgan fingerprint density at radius 3 is 2.40 bits per heavy atom. The number of hydrogen-bond donors (Lipinski definition) is 1. The van der Waals surface area contributed by atoms with Gasteiger partial charge in [-0.3, -0.25) is 9.36 Å². The van der Waals surface area contributed by atoms with Crippen LogP contribution < -0.4 is 11.2 Å². The van der Waals surface area contributed by atoms with E-state index >= 15 is 0 Å². The van der Waals surface area contributed by atoms with Crippen LogP contribution in [0.3, 0.4) is 0 Å². The topological polar surface area (TPSA) is 126 Å². The van der Waals surface area contributed by atoms with E-state index in [1.165, 1.54) is 18.1 Å². The van der Waals surface area contributed by atoms with Crippen molar-refractivity contribution in [3.8, 4) is 22.5 Å². The average molecular weight is 569 g/mol. The monoisotopic (exact) mass is 568 g/mol. The minimum atomic E-state index is -0.696. The van der Waals surface area contributed by atoms with E-state index in [9.17, 15) is 9.59 Å². The van der Waals surface area contributed by atoms with Crippen molar-refractivity contribution in [3.63, 3.8) is 0 Å². The first-order chi connectivity index (χ1) is 20.5. The molecule has 3 heterocycles. The predicted octanol–water partition coefficient (Wildman–Crippen LogP) is 4.88. The second kappa shape index (κ2) is 11.8. The lowest BCUT2D eigenvalue weighted by molar-refractivity contribution is 0.0530. The first-order valence-electron chi connectivity index (χ1n) is 14.7. The van der Waals surface area contributed by atoms with Crippen LogP contribution >= 0.6 is 0 Å². The maximum absolute atomic E-state index is 14.0. The highest BCUT2D eigenvalue weighted by Crippen LogP contribution is 2.34. The Bertz CT molecular complexity index is 1800. The molecule has 11 heteroatoms. The molecule has 1 aliphatic rings. The number of aromatic nitrogens is 8. The van der Waals surface area contributed by atoms with Crippen LogP contribution in [0.15, 0.2) is 58.1 Å². The summed E-state index contributed by atoms with van der Waals surface area (Å²) in [5.41, 5.74) is 4.18. The molecule has 0 amide bonds. The number of ether oxygens (including phenoxy) is 1. The molecule has 0 bridgehead atoms. The Morgan fingerprint density at radius 2 is 1.74 bits per heavy atom. The zero-order valence-corrected chi connectivity index (χ0v) is 24.3. The van der Waals surface area contributed by atoms with E-state index in [0.29, 0.717) is 30.1 Å². The van der Waals surface area contributed by atoms with E-state index < -0.39 is 6.23 Å². The molecule has 3 aromatic heterocycles. The van der Waals surface area contributed by atoms with Gasteiger partial charge < -0.3 is 9.30 Å². The molecule has 1 saturated carbocycles. The number of imidazole rings is 1. The molecule has 0 radical (unpaired) electrons. The number of methoxy groups -OCH3 is 1. The van der Waals surface area contributed by atoms with E-state index in [0.717, 1.165) is 60.2 Å². The number of benzene rings is 2. The van der Waals surface area contributed by atoms with Gasteiger partial charge >= 0.3 is 5.69 Å². The van der Waals surface area contributed by atoms with Gasteiger partial charge in [0.05, 0.1) is 0 Å². The number of nitrogens with one attached hydrogen (secondary N) is 1. The summed E-state index contributed by atoms with van der Waals surface area (Å²) in [4.78, 5) is 32.6. The lowest BCUT2D eigenvalue weighted by Gasteiger charge is -2.22. The van der Waals surface area contributed by atoms with E-state index in [4.69, 9.17) is 9.72 Å².